The Bertz CT molecular complexity index is 471. The van der Waals surface area contributed by atoms with Gasteiger partial charge in [-0.05, 0) is 50.7 Å². The van der Waals surface area contributed by atoms with Gasteiger partial charge in [0.2, 0.25) is 0 Å². The topological polar surface area (TPSA) is 26.8 Å². The Kier molecular flexibility index (Phi) is 4.56. The number of benzene rings is 1. The van der Waals surface area contributed by atoms with Crippen LogP contribution < -0.4 is 0 Å². The molecule has 4 nitrogen and oxygen atoms in total. The molecule has 0 spiro atoms. The molecule has 0 radical (unpaired) electrons. The van der Waals surface area contributed by atoms with Crippen molar-refractivity contribution in [3.63, 3.8) is 0 Å². The number of piperazine rings is 1. The van der Waals surface area contributed by atoms with Crippen LogP contribution >= 0.6 is 0 Å². The molecule has 1 aromatic carbocycles. The number of likely N-dealkylation sites (N-methyl/N-ethyl adjacent to an activating group) is 1. The average Bonchev–Trinajstić information content (AvgIpc) is 3.01. The molecule has 114 valence electrons. The van der Waals surface area contributed by atoms with Gasteiger partial charge in [-0.15, -0.1) is 0 Å². The Morgan fingerprint density at radius 2 is 1.57 bits per heavy atom. The number of likely N-dealkylation sites (tertiary alicyclic amines) is 1. The molecular formula is C17H25N3O. The van der Waals surface area contributed by atoms with E-state index in [0.717, 1.165) is 38.3 Å². The Morgan fingerprint density at radius 3 is 2.19 bits per heavy atom. The van der Waals surface area contributed by atoms with Crippen LogP contribution in [0.15, 0.2) is 24.3 Å². The summed E-state index contributed by atoms with van der Waals surface area (Å²) in [6, 6.07) is 8.21. The highest BCUT2D eigenvalue weighted by Gasteiger charge is 2.20. The van der Waals surface area contributed by atoms with Gasteiger partial charge in [-0.2, -0.15) is 0 Å². The lowest BCUT2D eigenvalue weighted by Gasteiger charge is -2.32. The summed E-state index contributed by atoms with van der Waals surface area (Å²) in [4.78, 5) is 19.2. The maximum Gasteiger partial charge on any atom is 0.253 e. The van der Waals surface area contributed by atoms with Gasteiger partial charge < -0.3 is 9.80 Å². The molecule has 0 saturated carbocycles. The first-order chi connectivity index (χ1) is 10.2. The van der Waals surface area contributed by atoms with E-state index >= 15 is 0 Å². The molecule has 0 bridgehead atoms. The molecule has 0 aliphatic carbocycles. The molecule has 2 fully saturated rings. The van der Waals surface area contributed by atoms with Crippen molar-refractivity contribution in [2.24, 2.45) is 0 Å². The molecule has 0 aromatic heterocycles. The van der Waals surface area contributed by atoms with Crippen molar-refractivity contribution in [2.75, 3.05) is 46.3 Å². The van der Waals surface area contributed by atoms with E-state index in [1.807, 2.05) is 17.0 Å². The lowest BCUT2D eigenvalue weighted by Crippen LogP contribution is -2.47. The van der Waals surface area contributed by atoms with E-state index in [1.54, 1.807) is 0 Å². The molecule has 1 amide bonds. The average molecular weight is 287 g/mol. The van der Waals surface area contributed by atoms with Crippen molar-refractivity contribution in [3.05, 3.63) is 35.4 Å². The summed E-state index contributed by atoms with van der Waals surface area (Å²) in [6.07, 6.45) is 2.64. The van der Waals surface area contributed by atoms with Crippen LogP contribution in [-0.4, -0.2) is 66.9 Å². The van der Waals surface area contributed by atoms with Crippen LogP contribution in [0.3, 0.4) is 0 Å². The molecular weight excluding hydrogens is 262 g/mol. The summed E-state index contributed by atoms with van der Waals surface area (Å²) in [5.74, 6) is 0.177. The van der Waals surface area contributed by atoms with Crippen molar-refractivity contribution in [1.29, 1.82) is 0 Å². The zero-order valence-corrected chi connectivity index (χ0v) is 12.9. The Balaban J connectivity index is 1.59. The summed E-state index contributed by atoms with van der Waals surface area (Å²) >= 11 is 0. The molecule has 0 atom stereocenters. The second kappa shape index (κ2) is 6.58. The normalized spacial score (nSPS) is 20.9. The SMILES string of the molecule is CN1CCN(C(=O)c2ccc(CN3CCCC3)cc2)CC1. The highest BCUT2D eigenvalue weighted by molar-refractivity contribution is 5.94. The van der Waals surface area contributed by atoms with Crippen molar-refractivity contribution >= 4 is 5.91 Å². The van der Waals surface area contributed by atoms with E-state index in [9.17, 15) is 4.79 Å². The predicted molar refractivity (Wildman–Crippen MR) is 84.4 cm³/mol. The van der Waals surface area contributed by atoms with Crippen molar-refractivity contribution < 1.29 is 4.79 Å². The predicted octanol–water partition coefficient (Wildman–Crippen LogP) is 1.67. The lowest BCUT2D eigenvalue weighted by atomic mass is 10.1. The van der Waals surface area contributed by atoms with E-state index in [1.165, 1.54) is 31.5 Å². The molecule has 2 heterocycles. The fourth-order valence-electron chi connectivity index (χ4n) is 3.14. The molecule has 1 aromatic rings. The number of rotatable bonds is 3. The van der Waals surface area contributed by atoms with E-state index < -0.39 is 0 Å². The fourth-order valence-corrected chi connectivity index (χ4v) is 3.14. The number of carbonyl (C=O) groups is 1. The van der Waals surface area contributed by atoms with Gasteiger partial charge in [0.1, 0.15) is 0 Å². The molecule has 2 aliphatic heterocycles. The van der Waals surface area contributed by atoms with Crippen molar-refractivity contribution in [3.8, 4) is 0 Å². The third-order valence-electron chi connectivity index (χ3n) is 4.60. The van der Waals surface area contributed by atoms with Crippen LogP contribution in [0.25, 0.3) is 0 Å². The molecule has 21 heavy (non-hydrogen) atoms. The Hall–Kier alpha value is -1.39. The van der Waals surface area contributed by atoms with E-state index in [4.69, 9.17) is 0 Å². The van der Waals surface area contributed by atoms with Crippen LogP contribution in [0.2, 0.25) is 0 Å². The molecule has 3 rings (SSSR count). The van der Waals surface area contributed by atoms with E-state index in [2.05, 4.69) is 29.0 Å². The quantitative estimate of drug-likeness (QED) is 0.846. The maximum absolute atomic E-state index is 12.5. The first kappa shape index (κ1) is 14.5. The summed E-state index contributed by atoms with van der Waals surface area (Å²) < 4.78 is 0. The van der Waals surface area contributed by atoms with Gasteiger partial charge in [-0.1, -0.05) is 12.1 Å². The van der Waals surface area contributed by atoms with Crippen molar-refractivity contribution in [2.45, 2.75) is 19.4 Å². The number of hydrogen-bond donors (Lipinski definition) is 0. The first-order valence-corrected chi connectivity index (χ1v) is 8.01. The van der Waals surface area contributed by atoms with Crippen LogP contribution in [-0.2, 0) is 6.54 Å². The number of amides is 1. The van der Waals surface area contributed by atoms with Gasteiger partial charge in [0.15, 0.2) is 0 Å². The zero-order chi connectivity index (χ0) is 14.7. The van der Waals surface area contributed by atoms with Crippen LogP contribution in [0.4, 0.5) is 0 Å². The summed E-state index contributed by atoms with van der Waals surface area (Å²) in [6.45, 7) is 7.06. The van der Waals surface area contributed by atoms with E-state index in [0.29, 0.717) is 0 Å². The first-order valence-electron chi connectivity index (χ1n) is 8.01. The van der Waals surface area contributed by atoms with Crippen molar-refractivity contribution in [1.82, 2.24) is 14.7 Å². The molecule has 4 heteroatoms. The van der Waals surface area contributed by atoms with Crippen LogP contribution in [0.5, 0.6) is 0 Å². The summed E-state index contributed by atoms with van der Waals surface area (Å²) in [5.41, 5.74) is 2.14. The standard InChI is InChI=1S/C17H25N3O/c1-18-10-12-20(13-11-18)17(21)16-6-4-15(5-7-16)14-19-8-2-3-9-19/h4-7H,2-3,8-14H2,1H3. The fraction of sp³-hybridized carbons (Fsp3) is 0.588. The largest absolute Gasteiger partial charge is 0.336 e. The minimum Gasteiger partial charge on any atom is -0.336 e. The second-order valence-electron chi connectivity index (χ2n) is 6.28. The maximum atomic E-state index is 12.5. The summed E-state index contributed by atoms with van der Waals surface area (Å²) in [5, 5.41) is 0. The zero-order valence-electron chi connectivity index (χ0n) is 12.9. The number of nitrogens with zero attached hydrogens (tertiary/aromatic N) is 3. The Morgan fingerprint density at radius 1 is 0.952 bits per heavy atom. The summed E-state index contributed by atoms with van der Waals surface area (Å²) in [7, 11) is 2.11. The number of carbonyl (C=O) groups excluding carboxylic acids is 1. The van der Waals surface area contributed by atoms with Gasteiger partial charge in [0, 0.05) is 38.3 Å². The number of hydrogen-bond acceptors (Lipinski definition) is 3. The molecule has 0 unspecified atom stereocenters. The van der Waals surface area contributed by atoms with Crippen LogP contribution in [0, 0.1) is 0 Å². The minimum absolute atomic E-state index is 0.177. The van der Waals surface area contributed by atoms with Gasteiger partial charge >= 0.3 is 0 Å². The molecule has 2 saturated heterocycles. The van der Waals surface area contributed by atoms with E-state index in [-0.39, 0.29) is 5.91 Å². The monoisotopic (exact) mass is 287 g/mol. The third kappa shape index (κ3) is 3.63. The Labute approximate surface area is 127 Å². The molecule has 2 aliphatic rings. The lowest BCUT2D eigenvalue weighted by molar-refractivity contribution is 0.0664. The van der Waals surface area contributed by atoms with Gasteiger partial charge in [0.25, 0.3) is 5.91 Å². The smallest absolute Gasteiger partial charge is 0.253 e. The highest BCUT2D eigenvalue weighted by Crippen LogP contribution is 2.14. The van der Waals surface area contributed by atoms with Crippen LogP contribution in [0.1, 0.15) is 28.8 Å². The highest BCUT2D eigenvalue weighted by atomic mass is 16.2. The van der Waals surface area contributed by atoms with Gasteiger partial charge in [-0.25, -0.2) is 0 Å². The molecule has 0 N–H and O–H groups in total. The second-order valence-corrected chi connectivity index (χ2v) is 6.28. The van der Waals surface area contributed by atoms with Gasteiger partial charge in [0.05, 0.1) is 0 Å². The van der Waals surface area contributed by atoms with Gasteiger partial charge in [-0.3, -0.25) is 9.69 Å². The minimum atomic E-state index is 0.177. The third-order valence-corrected chi connectivity index (χ3v) is 4.60.